The number of amides is 1. The lowest BCUT2D eigenvalue weighted by atomic mass is 9.94. The fourth-order valence-electron chi connectivity index (χ4n) is 4.11. The van der Waals surface area contributed by atoms with Crippen molar-refractivity contribution < 1.29 is 23.8 Å². The molecule has 1 amide bonds. The number of ether oxygens (including phenoxy) is 1. The molecule has 1 fully saturated rings. The standard InChI is InChI=1S/C27H24FNO4/c1-15-5-6-16(2)22(13-15)29-24(18-7-10-20(33-4)11-8-18)23(26(31)27(29)32)25(30)19-9-12-21(28)17(3)14-19/h5-14,24,30H,1-4H3/b25-23-. The van der Waals surface area contributed by atoms with Gasteiger partial charge in [-0.2, -0.15) is 0 Å². The van der Waals surface area contributed by atoms with Crippen molar-refractivity contribution >= 4 is 23.1 Å². The maximum absolute atomic E-state index is 13.8. The Bertz CT molecular complexity index is 1290. The number of anilines is 1. The van der Waals surface area contributed by atoms with E-state index in [1.807, 2.05) is 32.0 Å². The maximum Gasteiger partial charge on any atom is 0.300 e. The summed E-state index contributed by atoms with van der Waals surface area (Å²) in [5.41, 5.74) is 3.52. The van der Waals surface area contributed by atoms with Crippen LogP contribution in [0.25, 0.3) is 5.76 Å². The highest BCUT2D eigenvalue weighted by Gasteiger charge is 2.47. The highest BCUT2D eigenvalue weighted by Crippen LogP contribution is 2.43. The summed E-state index contributed by atoms with van der Waals surface area (Å²) in [5, 5.41) is 11.2. The van der Waals surface area contributed by atoms with Crippen LogP contribution in [0.4, 0.5) is 10.1 Å². The number of halogens is 1. The number of hydrogen-bond donors (Lipinski definition) is 1. The molecule has 3 aromatic rings. The Morgan fingerprint density at radius 2 is 1.64 bits per heavy atom. The topological polar surface area (TPSA) is 66.8 Å². The van der Waals surface area contributed by atoms with Crippen LogP contribution in [0.1, 0.15) is 33.9 Å². The van der Waals surface area contributed by atoms with E-state index in [-0.39, 0.29) is 16.9 Å². The zero-order chi connectivity index (χ0) is 23.9. The summed E-state index contributed by atoms with van der Waals surface area (Å²) < 4.78 is 19.1. The molecule has 0 radical (unpaired) electrons. The lowest BCUT2D eigenvalue weighted by Gasteiger charge is -2.27. The first-order valence-electron chi connectivity index (χ1n) is 10.5. The van der Waals surface area contributed by atoms with Crippen LogP contribution in [-0.4, -0.2) is 23.9 Å². The number of nitrogens with zero attached hydrogens (tertiary/aromatic N) is 1. The second-order valence-electron chi connectivity index (χ2n) is 8.20. The van der Waals surface area contributed by atoms with E-state index in [0.717, 1.165) is 11.1 Å². The fourth-order valence-corrected chi connectivity index (χ4v) is 4.11. The van der Waals surface area contributed by atoms with Gasteiger partial charge in [-0.3, -0.25) is 14.5 Å². The molecular formula is C27H24FNO4. The zero-order valence-corrected chi connectivity index (χ0v) is 18.8. The number of aliphatic hydroxyl groups is 1. The van der Waals surface area contributed by atoms with Gasteiger partial charge >= 0.3 is 0 Å². The van der Waals surface area contributed by atoms with Crippen molar-refractivity contribution in [3.05, 3.63) is 99.9 Å². The van der Waals surface area contributed by atoms with E-state index >= 15 is 0 Å². The molecule has 1 aliphatic heterocycles. The number of aryl methyl sites for hydroxylation is 3. The van der Waals surface area contributed by atoms with E-state index in [1.165, 1.54) is 23.1 Å². The molecule has 0 saturated carbocycles. The van der Waals surface area contributed by atoms with Crippen molar-refractivity contribution in [3.63, 3.8) is 0 Å². The molecule has 1 saturated heterocycles. The highest BCUT2D eigenvalue weighted by atomic mass is 19.1. The second-order valence-corrected chi connectivity index (χ2v) is 8.20. The van der Waals surface area contributed by atoms with E-state index in [1.54, 1.807) is 38.3 Å². The van der Waals surface area contributed by atoms with Gasteiger partial charge < -0.3 is 9.84 Å². The van der Waals surface area contributed by atoms with Crippen LogP contribution in [0.3, 0.4) is 0 Å². The summed E-state index contributed by atoms with van der Waals surface area (Å²) in [6.45, 7) is 5.34. The third-order valence-corrected chi connectivity index (χ3v) is 5.93. The highest BCUT2D eigenvalue weighted by molar-refractivity contribution is 6.51. The molecular weight excluding hydrogens is 421 g/mol. The van der Waals surface area contributed by atoms with Crippen molar-refractivity contribution in [1.29, 1.82) is 0 Å². The minimum absolute atomic E-state index is 0.0444. The number of hydrogen-bond acceptors (Lipinski definition) is 4. The van der Waals surface area contributed by atoms with Gasteiger partial charge in [0, 0.05) is 11.3 Å². The van der Waals surface area contributed by atoms with E-state index in [4.69, 9.17) is 4.74 Å². The summed E-state index contributed by atoms with van der Waals surface area (Å²) in [6.07, 6.45) is 0. The molecule has 0 bridgehead atoms. The number of carbonyl (C=O) groups is 2. The average Bonchev–Trinajstić information content (AvgIpc) is 3.07. The molecule has 6 heteroatoms. The quantitative estimate of drug-likeness (QED) is 0.332. The molecule has 33 heavy (non-hydrogen) atoms. The van der Waals surface area contributed by atoms with Crippen molar-refractivity contribution in [3.8, 4) is 5.75 Å². The number of benzene rings is 3. The molecule has 1 unspecified atom stereocenters. The normalized spacial score (nSPS) is 17.5. The predicted molar refractivity (Wildman–Crippen MR) is 125 cm³/mol. The number of methoxy groups -OCH3 is 1. The zero-order valence-electron chi connectivity index (χ0n) is 18.8. The molecule has 168 valence electrons. The maximum atomic E-state index is 13.8. The van der Waals surface area contributed by atoms with Crippen LogP contribution in [0.2, 0.25) is 0 Å². The monoisotopic (exact) mass is 445 g/mol. The van der Waals surface area contributed by atoms with Crippen molar-refractivity contribution in [1.82, 2.24) is 0 Å². The van der Waals surface area contributed by atoms with Gasteiger partial charge in [-0.15, -0.1) is 0 Å². The Labute approximate surface area is 191 Å². The lowest BCUT2D eigenvalue weighted by Crippen LogP contribution is -2.30. The largest absolute Gasteiger partial charge is 0.507 e. The first-order chi connectivity index (χ1) is 15.7. The number of carbonyl (C=O) groups excluding carboxylic acids is 2. The third-order valence-electron chi connectivity index (χ3n) is 5.93. The van der Waals surface area contributed by atoms with E-state index < -0.39 is 23.5 Å². The second kappa shape index (κ2) is 8.54. The first-order valence-corrected chi connectivity index (χ1v) is 10.5. The van der Waals surface area contributed by atoms with Gasteiger partial charge in [0.25, 0.3) is 11.7 Å². The molecule has 3 aromatic carbocycles. The lowest BCUT2D eigenvalue weighted by molar-refractivity contribution is -0.132. The van der Waals surface area contributed by atoms with Gasteiger partial charge in [-0.25, -0.2) is 4.39 Å². The Balaban J connectivity index is 1.97. The third kappa shape index (κ3) is 3.89. The number of ketones is 1. The Morgan fingerprint density at radius 3 is 2.27 bits per heavy atom. The molecule has 1 atom stereocenters. The molecule has 0 aliphatic carbocycles. The van der Waals surface area contributed by atoms with Gasteiger partial charge in [-0.1, -0.05) is 24.3 Å². The summed E-state index contributed by atoms with van der Waals surface area (Å²) in [6, 6.07) is 15.9. The molecule has 1 aliphatic rings. The Kier molecular flexibility index (Phi) is 5.77. The SMILES string of the molecule is COc1ccc(C2/C(=C(/O)c3ccc(F)c(C)c3)C(=O)C(=O)N2c2cc(C)ccc2C)cc1. The summed E-state index contributed by atoms with van der Waals surface area (Å²) in [5.74, 6) is -1.67. The van der Waals surface area contributed by atoms with E-state index in [2.05, 4.69) is 0 Å². The van der Waals surface area contributed by atoms with Crippen LogP contribution in [0, 0.1) is 26.6 Å². The van der Waals surface area contributed by atoms with Crippen molar-refractivity contribution in [2.45, 2.75) is 26.8 Å². The van der Waals surface area contributed by atoms with Crippen molar-refractivity contribution in [2.24, 2.45) is 0 Å². The first kappa shape index (κ1) is 22.3. The summed E-state index contributed by atoms with van der Waals surface area (Å²) >= 11 is 0. The van der Waals surface area contributed by atoms with Crippen LogP contribution >= 0.6 is 0 Å². The van der Waals surface area contributed by atoms with Crippen LogP contribution in [0.5, 0.6) is 5.75 Å². The summed E-state index contributed by atoms with van der Waals surface area (Å²) in [7, 11) is 1.55. The average molecular weight is 445 g/mol. The molecule has 0 spiro atoms. The molecule has 4 rings (SSSR count). The Morgan fingerprint density at radius 1 is 0.939 bits per heavy atom. The van der Waals surface area contributed by atoms with Gasteiger partial charge in [-0.05, 0) is 79.4 Å². The number of aliphatic hydroxyl groups excluding tert-OH is 1. The van der Waals surface area contributed by atoms with Gasteiger partial charge in [0.1, 0.15) is 17.3 Å². The predicted octanol–water partition coefficient (Wildman–Crippen LogP) is 5.39. The minimum Gasteiger partial charge on any atom is -0.507 e. The molecule has 5 nitrogen and oxygen atoms in total. The van der Waals surface area contributed by atoms with Crippen molar-refractivity contribution in [2.75, 3.05) is 12.0 Å². The fraction of sp³-hybridized carbons (Fsp3) is 0.185. The van der Waals surface area contributed by atoms with Gasteiger partial charge in [0.15, 0.2) is 0 Å². The van der Waals surface area contributed by atoms with Gasteiger partial charge in [0.2, 0.25) is 0 Å². The molecule has 1 N–H and O–H groups in total. The molecule has 0 aromatic heterocycles. The van der Waals surface area contributed by atoms with Crippen LogP contribution in [0.15, 0.2) is 66.2 Å². The smallest absolute Gasteiger partial charge is 0.300 e. The minimum atomic E-state index is -0.859. The van der Waals surface area contributed by atoms with Crippen LogP contribution in [-0.2, 0) is 9.59 Å². The number of Topliss-reactive ketones (excluding diaryl/α,β-unsaturated/α-hetero) is 1. The molecule has 1 heterocycles. The Hall–Kier alpha value is -3.93. The summed E-state index contributed by atoms with van der Waals surface area (Å²) in [4.78, 5) is 28.0. The van der Waals surface area contributed by atoms with Crippen LogP contribution < -0.4 is 9.64 Å². The van der Waals surface area contributed by atoms with Gasteiger partial charge in [0.05, 0.1) is 18.7 Å². The van der Waals surface area contributed by atoms with E-state index in [0.29, 0.717) is 22.6 Å². The number of rotatable bonds is 4. The van der Waals surface area contributed by atoms with E-state index in [9.17, 15) is 19.1 Å².